The Kier molecular flexibility index (Phi) is 4.83. The first-order valence-electron chi connectivity index (χ1n) is 6.65. The van der Waals surface area contributed by atoms with E-state index in [1.54, 1.807) is 12.1 Å². The maximum Gasteiger partial charge on any atom is 0.261 e. The van der Waals surface area contributed by atoms with Crippen LogP contribution in [0.4, 0.5) is 4.39 Å². The van der Waals surface area contributed by atoms with Gasteiger partial charge in [-0.1, -0.05) is 6.92 Å². The summed E-state index contributed by atoms with van der Waals surface area (Å²) in [7, 11) is 0. The van der Waals surface area contributed by atoms with E-state index in [4.69, 9.17) is 10.2 Å². The molecule has 0 spiro atoms. The van der Waals surface area contributed by atoms with Gasteiger partial charge in [0.1, 0.15) is 11.6 Å². The van der Waals surface area contributed by atoms with E-state index in [2.05, 4.69) is 4.98 Å². The monoisotopic (exact) mass is 294 g/mol. The van der Waals surface area contributed by atoms with Crippen LogP contribution in [0.5, 0.6) is 0 Å². The molecule has 1 aromatic heterocycles. The molecule has 2 N–H and O–H groups in total. The lowest BCUT2D eigenvalue weighted by molar-refractivity contribution is 0.431. The molecule has 20 heavy (non-hydrogen) atoms. The summed E-state index contributed by atoms with van der Waals surface area (Å²) in [6.45, 7) is 5.81. The number of oxazole rings is 1. The molecule has 0 saturated carbocycles. The first-order chi connectivity index (χ1) is 9.49. The first kappa shape index (κ1) is 15.1. The molecule has 1 unspecified atom stereocenters. The van der Waals surface area contributed by atoms with Gasteiger partial charge in [-0.05, 0) is 62.2 Å². The zero-order valence-electron chi connectivity index (χ0n) is 11.9. The Morgan fingerprint density at radius 1 is 1.40 bits per heavy atom. The van der Waals surface area contributed by atoms with E-state index in [0.717, 1.165) is 28.3 Å². The van der Waals surface area contributed by atoms with Crippen LogP contribution in [0.15, 0.2) is 32.7 Å². The average Bonchev–Trinajstić information content (AvgIpc) is 2.71. The molecule has 3 nitrogen and oxygen atoms in total. The van der Waals surface area contributed by atoms with Crippen molar-refractivity contribution in [2.75, 3.05) is 0 Å². The van der Waals surface area contributed by atoms with Crippen LogP contribution >= 0.6 is 11.8 Å². The Balaban J connectivity index is 2.26. The van der Waals surface area contributed by atoms with Crippen molar-refractivity contribution in [1.29, 1.82) is 0 Å². The van der Waals surface area contributed by atoms with Crippen molar-refractivity contribution in [3.63, 3.8) is 0 Å². The third kappa shape index (κ3) is 3.61. The third-order valence-corrected chi connectivity index (χ3v) is 4.20. The summed E-state index contributed by atoms with van der Waals surface area (Å²) < 4.78 is 19.0. The molecule has 1 atom stereocenters. The van der Waals surface area contributed by atoms with E-state index < -0.39 is 0 Å². The van der Waals surface area contributed by atoms with Crippen LogP contribution in [0.1, 0.15) is 30.4 Å². The maximum absolute atomic E-state index is 13.4. The normalized spacial score (nSPS) is 12.7. The van der Waals surface area contributed by atoms with Crippen molar-refractivity contribution >= 4 is 11.8 Å². The number of hydrogen-bond acceptors (Lipinski definition) is 4. The van der Waals surface area contributed by atoms with Crippen LogP contribution in [0.3, 0.4) is 0 Å². The zero-order chi connectivity index (χ0) is 14.7. The second-order valence-electron chi connectivity index (χ2n) is 4.85. The molecule has 1 aromatic carbocycles. The lowest BCUT2D eigenvalue weighted by Crippen LogP contribution is -2.21. The van der Waals surface area contributed by atoms with Crippen molar-refractivity contribution in [2.24, 2.45) is 5.73 Å². The van der Waals surface area contributed by atoms with Gasteiger partial charge in [0.2, 0.25) is 0 Å². The summed E-state index contributed by atoms with van der Waals surface area (Å²) >= 11 is 1.41. The highest BCUT2D eigenvalue weighted by Crippen LogP contribution is 2.32. The summed E-state index contributed by atoms with van der Waals surface area (Å²) in [5.74, 6) is 0.564. The van der Waals surface area contributed by atoms with E-state index in [1.807, 2.05) is 20.8 Å². The van der Waals surface area contributed by atoms with Crippen molar-refractivity contribution in [3.8, 4) is 0 Å². The van der Waals surface area contributed by atoms with Crippen molar-refractivity contribution in [2.45, 2.75) is 49.8 Å². The van der Waals surface area contributed by atoms with Gasteiger partial charge in [0.15, 0.2) is 0 Å². The minimum Gasteiger partial charge on any atom is -0.436 e. The molecule has 0 aliphatic carbocycles. The Morgan fingerprint density at radius 2 is 2.15 bits per heavy atom. The van der Waals surface area contributed by atoms with Gasteiger partial charge in [0.25, 0.3) is 5.22 Å². The number of rotatable bonds is 5. The summed E-state index contributed by atoms with van der Waals surface area (Å²) in [5, 5.41) is 0.581. The molecule has 2 aromatic rings. The highest BCUT2D eigenvalue weighted by Gasteiger charge is 2.13. The van der Waals surface area contributed by atoms with Gasteiger partial charge >= 0.3 is 0 Å². The fraction of sp³-hybridized carbons (Fsp3) is 0.400. The molecule has 108 valence electrons. The fourth-order valence-corrected chi connectivity index (χ4v) is 2.76. The van der Waals surface area contributed by atoms with Gasteiger partial charge in [0, 0.05) is 10.9 Å². The van der Waals surface area contributed by atoms with Crippen LogP contribution in [-0.4, -0.2) is 11.0 Å². The fourth-order valence-electron chi connectivity index (χ4n) is 1.81. The Hall–Kier alpha value is -1.33. The quantitative estimate of drug-likeness (QED) is 0.909. The molecule has 0 aliphatic rings. The molecule has 2 rings (SSSR count). The molecule has 1 heterocycles. The minimum atomic E-state index is -0.243. The van der Waals surface area contributed by atoms with E-state index in [1.165, 1.54) is 17.8 Å². The molecule has 5 heteroatoms. The average molecular weight is 294 g/mol. The maximum atomic E-state index is 13.4. The first-order valence-corrected chi connectivity index (χ1v) is 7.47. The molecule has 0 saturated heterocycles. The van der Waals surface area contributed by atoms with Gasteiger partial charge in [-0.15, -0.1) is 0 Å². The third-order valence-electron chi connectivity index (χ3n) is 3.24. The highest BCUT2D eigenvalue weighted by molar-refractivity contribution is 7.99. The number of aromatic nitrogens is 1. The zero-order valence-corrected chi connectivity index (χ0v) is 12.8. The van der Waals surface area contributed by atoms with E-state index in [-0.39, 0.29) is 11.9 Å². The number of benzene rings is 1. The number of aryl methyl sites for hydroxylation is 2. The molecule has 0 aliphatic heterocycles. The Bertz CT molecular complexity index is 578. The second-order valence-corrected chi connectivity index (χ2v) is 5.84. The Morgan fingerprint density at radius 3 is 2.75 bits per heavy atom. The molecular weight excluding hydrogens is 275 g/mol. The predicted octanol–water partition coefficient (Wildman–Crippen LogP) is 3.86. The van der Waals surface area contributed by atoms with Gasteiger partial charge in [-0.3, -0.25) is 0 Å². The molecule has 0 radical (unpaired) electrons. The summed E-state index contributed by atoms with van der Waals surface area (Å²) in [4.78, 5) is 5.28. The molecule has 0 amide bonds. The van der Waals surface area contributed by atoms with Crippen LogP contribution < -0.4 is 5.73 Å². The SMILES string of the molecule is CCC(N)Cc1cc(F)ccc1Sc1nc(C)c(C)o1. The van der Waals surface area contributed by atoms with Gasteiger partial charge in [-0.2, -0.15) is 0 Å². The van der Waals surface area contributed by atoms with Crippen molar-refractivity contribution in [3.05, 3.63) is 41.0 Å². The lowest BCUT2D eigenvalue weighted by Gasteiger charge is -2.12. The van der Waals surface area contributed by atoms with Crippen LogP contribution in [0.2, 0.25) is 0 Å². The molecule has 0 fully saturated rings. The summed E-state index contributed by atoms with van der Waals surface area (Å²) in [6.07, 6.45) is 1.51. The van der Waals surface area contributed by atoms with Crippen molar-refractivity contribution < 1.29 is 8.81 Å². The van der Waals surface area contributed by atoms with Gasteiger partial charge in [-0.25, -0.2) is 9.37 Å². The number of nitrogens with two attached hydrogens (primary N) is 1. The standard InChI is InChI=1S/C15H19FN2OS/c1-4-13(17)8-11-7-12(16)5-6-14(11)20-15-18-9(2)10(3)19-15/h5-7,13H,4,8,17H2,1-3H3. The van der Waals surface area contributed by atoms with Crippen LogP contribution in [-0.2, 0) is 6.42 Å². The smallest absolute Gasteiger partial charge is 0.261 e. The van der Waals surface area contributed by atoms with Gasteiger partial charge in [0.05, 0.1) is 5.69 Å². The lowest BCUT2D eigenvalue weighted by atomic mass is 10.0. The van der Waals surface area contributed by atoms with Crippen molar-refractivity contribution in [1.82, 2.24) is 4.98 Å². The van der Waals surface area contributed by atoms with E-state index in [0.29, 0.717) is 11.6 Å². The number of hydrogen-bond donors (Lipinski definition) is 1. The number of halogens is 1. The number of nitrogens with zero attached hydrogens (tertiary/aromatic N) is 1. The highest BCUT2D eigenvalue weighted by atomic mass is 32.2. The van der Waals surface area contributed by atoms with E-state index >= 15 is 0 Å². The van der Waals surface area contributed by atoms with Crippen LogP contribution in [0.25, 0.3) is 0 Å². The minimum absolute atomic E-state index is 0.0317. The topological polar surface area (TPSA) is 52.0 Å². The van der Waals surface area contributed by atoms with E-state index in [9.17, 15) is 4.39 Å². The summed E-state index contributed by atoms with van der Waals surface area (Å²) in [6, 6.07) is 4.78. The molecular formula is C15H19FN2OS. The Labute approximate surface area is 122 Å². The predicted molar refractivity (Wildman–Crippen MR) is 78.5 cm³/mol. The second kappa shape index (κ2) is 6.41. The molecule has 0 bridgehead atoms. The van der Waals surface area contributed by atoms with Gasteiger partial charge < -0.3 is 10.2 Å². The van der Waals surface area contributed by atoms with Crippen LogP contribution in [0, 0.1) is 19.7 Å². The summed E-state index contributed by atoms with van der Waals surface area (Å²) in [5.41, 5.74) is 7.75. The largest absolute Gasteiger partial charge is 0.436 e.